The summed E-state index contributed by atoms with van der Waals surface area (Å²) in [5.41, 5.74) is 1.20. The van der Waals surface area contributed by atoms with Crippen molar-refractivity contribution in [2.45, 2.75) is 20.1 Å². The Bertz CT molecular complexity index is 909. The first-order valence-electron chi connectivity index (χ1n) is 7.76. The van der Waals surface area contributed by atoms with Gasteiger partial charge < -0.3 is 9.47 Å². The third-order valence-electron chi connectivity index (χ3n) is 3.53. The van der Waals surface area contributed by atoms with Crippen molar-refractivity contribution < 1.29 is 23.0 Å². The maximum atomic E-state index is 13.5. The van der Waals surface area contributed by atoms with Crippen LogP contribution in [0, 0.1) is 18.6 Å². The predicted octanol–water partition coefficient (Wildman–Crippen LogP) is 4.67. The van der Waals surface area contributed by atoms with Gasteiger partial charge >= 0.3 is 5.97 Å². The highest BCUT2D eigenvalue weighted by atomic mass is 32.1. The summed E-state index contributed by atoms with van der Waals surface area (Å²) in [4.78, 5) is 16.3. The van der Waals surface area contributed by atoms with Crippen molar-refractivity contribution in [3.05, 3.63) is 81.3 Å². The van der Waals surface area contributed by atoms with Crippen LogP contribution in [-0.2, 0) is 18.0 Å². The highest BCUT2D eigenvalue weighted by Crippen LogP contribution is 2.17. The van der Waals surface area contributed by atoms with Crippen LogP contribution in [0.25, 0.3) is 0 Å². The molecule has 0 aliphatic heterocycles. The molecule has 1 aromatic heterocycles. The Labute approximate surface area is 153 Å². The van der Waals surface area contributed by atoms with E-state index in [-0.39, 0.29) is 24.6 Å². The molecule has 1 heterocycles. The molecule has 0 aliphatic rings. The molecule has 3 aromatic rings. The molecule has 2 aromatic carbocycles. The van der Waals surface area contributed by atoms with Gasteiger partial charge in [0.2, 0.25) is 0 Å². The smallest absolute Gasteiger partial charge is 0.338 e. The van der Waals surface area contributed by atoms with Crippen molar-refractivity contribution in [1.82, 2.24) is 4.98 Å². The number of halogens is 2. The van der Waals surface area contributed by atoms with Crippen LogP contribution in [0.15, 0.2) is 47.8 Å². The minimum Gasteiger partial charge on any atom is -0.486 e. The van der Waals surface area contributed by atoms with Crippen LogP contribution in [0.5, 0.6) is 5.75 Å². The molecule has 0 amide bonds. The lowest BCUT2D eigenvalue weighted by Crippen LogP contribution is -2.06. The number of nitrogens with zero attached hydrogens (tertiary/aromatic N) is 1. The van der Waals surface area contributed by atoms with E-state index in [9.17, 15) is 13.6 Å². The Morgan fingerprint density at radius 1 is 1.12 bits per heavy atom. The van der Waals surface area contributed by atoms with Gasteiger partial charge in [-0.05, 0) is 48.9 Å². The SMILES string of the molecule is Cc1ccc(C(=O)OCc2csc(COc3ccc(F)cc3)n2)cc1F. The standard InChI is InChI=1S/C19H15F2NO3S/c1-12-2-3-13(8-17(12)21)19(23)25-9-15-11-26-18(22-15)10-24-16-6-4-14(20)5-7-16/h2-8,11H,9-10H2,1H3. The van der Waals surface area contributed by atoms with E-state index in [2.05, 4.69) is 4.98 Å². The molecule has 4 nitrogen and oxygen atoms in total. The summed E-state index contributed by atoms with van der Waals surface area (Å²) < 4.78 is 37.0. The molecule has 0 aliphatic carbocycles. The summed E-state index contributed by atoms with van der Waals surface area (Å²) in [7, 11) is 0. The number of hydrogen-bond acceptors (Lipinski definition) is 5. The average Bonchev–Trinajstić information content (AvgIpc) is 3.09. The number of ether oxygens (including phenoxy) is 2. The van der Waals surface area contributed by atoms with Gasteiger partial charge in [0.25, 0.3) is 0 Å². The van der Waals surface area contributed by atoms with E-state index in [0.29, 0.717) is 22.0 Å². The first-order valence-corrected chi connectivity index (χ1v) is 8.64. The second kappa shape index (κ2) is 8.05. The van der Waals surface area contributed by atoms with Crippen LogP contribution < -0.4 is 4.74 Å². The molecular weight excluding hydrogens is 360 g/mol. The van der Waals surface area contributed by atoms with Crippen molar-refractivity contribution in [2.75, 3.05) is 0 Å². The minimum absolute atomic E-state index is 0.0125. The van der Waals surface area contributed by atoms with Crippen molar-refractivity contribution in [2.24, 2.45) is 0 Å². The second-order valence-corrected chi connectivity index (χ2v) is 6.46. The number of esters is 1. The summed E-state index contributed by atoms with van der Waals surface area (Å²) >= 11 is 1.36. The zero-order valence-corrected chi connectivity index (χ0v) is 14.7. The Hall–Kier alpha value is -2.80. The van der Waals surface area contributed by atoms with E-state index in [1.807, 2.05) is 0 Å². The molecule has 0 atom stereocenters. The topological polar surface area (TPSA) is 48.4 Å². The number of thiazole rings is 1. The molecule has 0 radical (unpaired) electrons. The quantitative estimate of drug-likeness (QED) is 0.588. The lowest BCUT2D eigenvalue weighted by molar-refractivity contribution is 0.0467. The second-order valence-electron chi connectivity index (χ2n) is 5.52. The molecule has 0 saturated heterocycles. The lowest BCUT2D eigenvalue weighted by Gasteiger charge is -2.04. The van der Waals surface area contributed by atoms with Crippen molar-refractivity contribution >= 4 is 17.3 Å². The Morgan fingerprint density at radius 3 is 2.62 bits per heavy atom. The first kappa shape index (κ1) is 18.0. The molecule has 134 valence electrons. The van der Waals surface area contributed by atoms with Crippen LogP contribution >= 0.6 is 11.3 Å². The Kier molecular flexibility index (Phi) is 5.58. The van der Waals surface area contributed by atoms with Crippen LogP contribution in [-0.4, -0.2) is 11.0 Å². The summed E-state index contributed by atoms with van der Waals surface area (Å²) in [5.74, 6) is -0.852. The molecular formula is C19H15F2NO3S. The number of aryl methyl sites for hydroxylation is 1. The molecule has 0 saturated carbocycles. The van der Waals surface area contributed by atoms with Gasteiger partial charge in [0.05, 0.1) is 11.3 Å². The van der Waals surface area contributed by atoms with Gasteiger partial charge in [0, 0.05) is 5.38 Å². The molecule has 7 heteroatoms. The summed E-state index contributed by atoms with van der Waals surface area (Å²) in [6.07, 6.45) is 0. The van der Waals surface area contributed by atoms with Gasteiger partial charge in [-0.1, -0.05) is 6.07 Å². The van der Waals surface area contributed by atoms with Crippen molar-refractivity contribution in [3.8, 4) is 5.75 Å². The maximum Gasteiger partial charge on any atom is 0.338 e. The largest absolute Gasteiger partial charge is 0.486 e. The third-order valence-corrected chi connectivity index (χ3v) is 4.41. The Morgan fingerprint density at radius 2 is 1.88 bits per heavy atom. The zero-order valence-electron chi connectivity index (χ0n) is 13.9. The summed E-state index contributed by atoms with van der Waals surface area (Å²) in [6.45, 7) is 1.84. The van der Waals surface area contributed by atoms with Crippen LogP contribution in [0.3, 0.4) is 0 Å². The molecule has 0 spiro atoms. The number of benzene rings is 2. The first-order chi connectivity index (χ1) is 12.5. The predicted molar refractivity (Wildman–Crippen MR) is 93.1 cm³/mol. The lowest BCUT2D eigenvalue weighted by atomic mass is 10.1. The Balaban J connectivity index is 1.52. The number of carbonyl (C=O) groups excluding carboxylic acids is 1. The third kappa shape index (κ3) is 4.64. The van der Waals surface area contributed by atoms with E-state index < -0.39 is 11.8 Å². The average molecular weight is 375 g/mol. The van der Waals surface area contributed by atoms with Crippen molar-refractivity contribution in [1.29, 1.82) is 0 Å². The van der Waals surface area contributed by atoms with E-state index in [1.54, 1.807) is 12.3 Å². The molecule has 0 bridgehead atoms. The van der Waals surface area contributed by atoms with E-state index >= 15 is 0 Å². The fraction of sp³-hybridized carbons (Fsp3) is 0.158. The zero-order chi connectivity index (χ0) is 18.5. The van der Waals surface area contributed by atoms with E-state index in [1.165, 1.54) is 47.7 Å². The fourth-order valence-electron chi connectivity index (χ4n) is 2.10. The van der Waals surface area contributed by atoms with Gasteiger partial charge in [-0.2, -0.15) is 0 Å². The maximum absolute atomic E-state index is 13.5. The van der Waals surface area contributed by atoms with Gasteiger partial charge in [-0.25, -0.2) is 18.6 Å². The van der Waals surface area contributed by atoms with E-state index in [4.69, 9.17) is 9.47 Å². The molecule has 0 unspecified atom stereocenters. The molecule has 26 heavy (non-hydrogen) atoms. The van der Waals surface area contributed by atoms with Gasteiger partial charge in [0.1, 0.15) is 35.6 Å². The molecule has 0 N–H and O–H groups in total. The van der Waals surface area contributed by atoms with Crippen LogP contribution in [0.4, 0.5) is 8.78 Å². The van der Waals surface area contributed by atoms with Crippen LogP contribution in [0.2, 0.25) is 0 Å². The number of aromatic nitrogens is 1. The van der Waals surface area contributed by atoms with Gasteiger partial charge in [0.15, 0.2) is 0 Å². The van der Waals surface area contributed by atoms with E-state index in [0.717, 1.165) is 6.07 Å². The summed E-state index contributed by atoms with van der Waals surface area (Å²) in [6, 6.07) is 9.90. The minimum atomic E-state index is -0.610. The summed E-state index contributed by atoms with van der Waals surface area (Å²) in [5, 5.41) is 2.45. The highest BCUT2D eigenvalue weighted by molar-refractivity contribution is 7.09. The normalized spacial score (nSPS) is 10.6. The monoisotopic (exact) mass is 375 g/mol. The van der Waals surface area contributed by atoms with Crippen LogP contribution in [0.1, 0.15) is 26.6 Å². The number of rotatable bonds is 6. The number of carbonyl (C=O) groups is 1. The van der Waals surface area contributed by atoms with Crippen molar-refractivity contribution in [3.63, 3.8) is 0 Å². The molecule has 3 rings (SSSR count). The molecule has 0 fully saturated rings. The number of hydrogen-bond donors (Lipinski definition) is 0. The fourth-order valence-corrected chi connectivity index (χ4v) is 2.79. The highest BCUT2D eigenvalue weighted by Gasteiger charge is 2.11. The van der Waals surface area contributed by atoms with Gasteiger partial charge in [-0.15, -0.1) is 11.3 Å². The van der Waals surface area contributed by atoms with Gasteiger partial charge in [-0.3, -0.25) is 0 Å².